The van der Waals surface area contributed by atoms with Gasteiger partial charge in [-0.3, -0.25) is 0 Å². The molecule has 130 valence electrons. The highest BCUT2D eigenvalue weighted by Gasteiger charge is 2.45. The fourth-order valence-electron chi connectivity index (χ4n) is 4.50. The summed E-state index contributed by atoms with van der Waals surface area (Å²) in [4.78, 5) is 2.39. The molecule has 1 fully saturated rings. The van der Waals surface area contributed by atoms with Gasteiger partial charge in [0.05, 0.1) is 6.04 Å². The van der Waals surface area contributed by atoms with Crippen molar-refractivity contribution < 1.29 is 0 Å². The van der Waals surface area contributed by atoms with Gasteiger partial charge in [-0.25, -0.2) is 0 Å². The molecule has 2 aliphatic rings. The number of thiocarbonyl (C=S) groups is 1. The number of nitrogens with zero attached hydrogens (tertiary/aromatic N) is 1. The average Bonchev–Trinajstić information content (AvgIpc) is 2.78. The third-order valence-electron chi connectivity index (χ3n) is 5.71. The van der Waals surface area contributed by atoms with Crippen LogP contribution in [0.3, 0.4) is 0 Å². The summed E-state index contributed by atoms with van der Waals surface area (Å²) in [6.07, 6.45) is 2.13. The Morgan fingerprint density at radius 2 is 2.00 bits per heavy atom. The van der Waals surface area contributed by atoms with E-state index in [4.69, 9.17) is 23.8 Å². The van der Waals surface area contributed by atoms with Crippen molar-refractivity contribution >= 4 is 28.9 Å². The molecule has 2 bridgehead atoms. The van der Waals surface area contributed by atoms with Gasteiger partial charge in [0.2, 0.25) is 0 Å². The first-order chi connectivity index (χ1) is 12.1. The van der Waals surface area contributed by atoms with Crippen LogP contribution >= 0.6 is 23.8 Å². The summed E-state index contributed by atoms with van der Waals surface area (Å²) in [5.74, 6) is 1.19. The molecule has 2 unspecified atom stereocenters. The maximum Gasteiger partial charge on any atom is 0.169 e. The number of halogens is 1. The van der Waals surface area contributed by atoms with Crippen LogP contribution in [0.15, 0.2) is 48.5 Å². The fraction of sp³-hybridized carbons (Fsp3) is 0.381. The Hall–Kier alpha value is -1.58. The molecule has 4 heteroatoms. The highest BCUT2D eigenvalue weighted by atomic mass is 35.5. The van der Waals surface area contributed by atoms with Gasteiger partial charge in [-0.2, -0.15) is 0 Å². The van der Waals surface area contributed by atoms with Crippen molar-refractivity contribution in [1.29, 1.82) is 0 Å². The zero-order valence-electron chi connectivity index (χ0n) is 14.4. The van der Waals surface area contributed by atoms with Crippen molar-refractivity contribution in [3.8, 4) is 0 Å². The molecule has 0 amide bonds. The van der Waals surface area contributed by atoms with Crippen LogP contribution in [-0.2, 0) is 6.42 Å². The van der Waals surface area contributed by atoms with Crippen molar-refractivity contribution in [2.24, 2.45) is 5.92 Å². The van der Waals surface area contributed by atoms with E-state index < -0.39 is 0 Å². The molecule has 2 aromatic rings. The van der Waals surface area contributed by atoms with E-state index in [1.165, 1.54) is 16.7 Å². The predicted octanol–water partition coefficient (Wildman–Crippen LogP) is 4.94. The molecule has 0 saturated carbocycles. The third-order valence-corrected chi connectivity index (χ3v) is 6.32. The van der Waals surface area contributed by atoms with Gasteiger partial charge in [0.25, 0.3) is 0 Å². The molecular formula is C21H23ClN2S. The topological polar surface area (TPSA) is 15.3 Å². The van der Waals surface area contributed by atoms with Crippen molar-refractivity contribution in [2.75, 3.05) is 13.1 Å². The van der Waals surface area contributed by atoms with Crippen LogP contribution in [-0.4, -0.2) is 23.1 Å². The number of benzene rings is 2. The summed E-state index contributed by atoms with van der Waals surface area (Å²) in [5.41, 5.74) is 4.18. The third kappa shape index (κ3) is 3.16. The Labute approximate surface area is 160 Å². The van der Waals surface area contributed by atoms with Crippen LogP contribution in [0.4, 0.5) is 0 Å². The lowest BCUT2D eigenvalue weighted by atomic mass is 9.86. The van der Waals surface area contributed by atoms with Crippen molar-refractivity contribution in [1.82, 2.24) is 10.2 Å². The standard InChI is InChI=1S/C21H23ClN2S/c1-14-17-10-12-24(20(14)18-8-7-16(22)13-19(17)18)21(25)23-11-9-15-5-3-2-4-6-15/h2-8,13-14,17,20H,9-12H2,1H3,(H,23,25)/t14-,17?,20?/m0/s1. The van der Waals surface area contributed by atoms with Crippen LogP contribution in [0.2, 0.25) is 5.02 Å². The number of hydrogen-bond donors (Lipinski definition) is 1. The van der Waals surface area contributed by atoms with Crippen LogP contribution in [0.1, 0.15) is 42.0 Å². The van der Waals surface area contributed by atoms with Gasteiger partial charge >= 0.3 is 0 Å². The minimum atomic E-state index is 0.378. The number of likely N-dealkylation sites (tertiary alicyclic amines) is 1. The lowest BCUT2D eigenvalue weighted by molar-refractivity contribution is 0.177. The van der Waals surface area contributed by atoms with Gasteiger partial charge in [0, 0.05) is 18.1 Å². The van der Waals surface area contributed by atoms with Crippen LogP contribution in [0.5, 0.6) is 0 Å². The monoisotopic (exact) mass is 370 g/mol. The molecule has 2 aromatic carbocycles. The Morgan fingerprint density at radius 1 is 1.20 bits per heavy atom. The second kappa shape index (κ2) is 6.97. The van der Waals surface area contributed by atoms with Gasteiger partial charge < -0.3 is 10.2 Å². The second-order valence-electron chi connectivity index (χ2n) is 7.13. The van der Waals surface area contributed by atoms with Crippen molar-refractivity contribution in [3.05, 3.63) is 70.2 Å². The molecule has 0 radical (unpaired) electrons. The van der Waals surface area contributed by atoms with E-state index in [1.807, 2.05) is 6.07 Å². The quantitative estimate of drug-likeness (QED) is 0.770. The van der Waals surface area contributed by atoms with E-state index in [0.717, 1.165) is 36.1 Å². The molecule has 25 heavy (non-hydrogen) atoms. The first-order valence-electron chi connectivity index (χ1n) is 9.03. The molecule has 1 aliphatic heterocycles. The lowest BCUT2D eigenvalue weighted by Crippen LogP contribution is -2.46. The SMILES string of the molecule is C[C@H]1C2CCN(C(=S)NCCc3ccccc3)C1c1ccc(Cl)cc12. The number of fused-ring (bicyclic) bond motifs is 5. The van der Waals surface area contributed by atoms with Gasteiger partial charge in [-0.05, 0) is 65.7 Å². The van der Waals surface area contributed by atoms with E-state index in [2.05, 4.69) is 59.6 Å². The van der Waals surface area contributed by atoms with E-state index >= 15 is 0 Å². The van der Waals surface area contributed by atoms with Gasteiger partial charge in [0.15, 0.2) is 5.11 Å². The van der Waals surface area contributed by atoms with E-state index in [1.54, 1.807) is 0 Å². The molecule has 4 rings (SSSR count). The summed E-state index contributed by atoms with van der Waals surface area (Å²) in [5, 5.41) is 5.20. The number of hydrogen-bond acceptors (Lipinski definition) is 1. The fourth-order valence-corrected chi connectivity index (χ4v) is 4.99. The number of rotatable bonds is 3. The summed E-state index contributed by atoms with van der Waals surface area (Å²) < 4.78 is 0. The van der Waals surface area contributed by atoms with E-state index in [-0.39, 0.29) is 0 Å². The minimum Gasteiger partial charge on any atom is -0.362 e. The summed E-state index contributed by atoms with van der Waals surface area (Å²) >= 11 is 12.0. The Bertz CT molecular complexity index is 777. The van der Waals surface area contributed by atoms with Crippen molar-refractivity contribution in [2.45, 2.75) is 31.7 Å². The van der Waals surface area contributed by atoms with Crippen LogP contribution < -0.4 is 5.32 Å². The molecule has 2 nitrogen and oxygen atoms in total. The van der Waals surface area contributed by atoms with Crippen molar-refractivity contribution in [3.63, 3.8) is 0 Å². The molecule has 0 aromatic heterocycles. The van der Waals surface area contributed by atoms with E-state index in [0.29, 0.717) is 17.9 Å². The summed E-state index contributed by atoms with van der Waals surface area (Å²) in [6, 6.07) is 17.3. The molecule has 1 aliphatic carbocycles. The minimum absolute atomic E-state index is 0.378. The smallest absolute Gasteiger partial charge is 0.169 e. The largest absolute Gasteiger partial charge is 0.362 e. The average molecular weight is 371 g/mol. The van der Waals surface area contributed by atoms with Crippen LogP contribution in [0.25, 0.3) is 0 Å². The molecule has 0 spiro atoms. The zero-order valence-corrected chi connectivity index (χ0v) is 16.0. The van der Waals surface area contributed by atoms with Gasteiger partial charge in [0.1, 0.15) is 0 Å². The highest BCUT2D eigenvalue weighted by molar-refractivity contribution is 7.80. The van der Waals surface area contributed by atoms with E-state index in [9.17, 15) is 0 Å². The second-order valence-corrected chi connectivity index (χ2v) is 7.96. The van der Waals surface area contributed by atoms with Crippen LogP contribution in [0, 0.1) is 5.92 Å². The molecular weight excluding hydrogens is 348 g/mol. The van der Waals surface area contributed by atoms with Gasteiger partial charge in [-0.15, -0.1) is 0 Å². The molecule has 1 heterocycles. The zero-order chi connectivity index (χ0) is 17.4. The lowest BCUT2D eigenvalue weighted by Gasteiger charge is -2.40. The first-order valence-corrected chi connectivity index (χ1v) is 9.81. The molecule has 1 saturated heterocycles. The maximum absolute atomic E-state index is 6.24. The Morgan fingerprint density at radius 3 is 2.80 bits per heavy atom. The molecule has 1 N–H and O–H groups in total. The Kier molecular flexibility index (Phi) is 4.70. The maximum atomic E-state index is 6.24. The number of piperidine rings is 1. The normalized spacial score (nSPS) is 24.1. The summed E-state index contributed by atoms with van der Waals surface area (Å²) in [7, 11) is 0. The van der Waals surface area contributed by atoms with Gasteiger partial charge in [-0.1, -0.05) is 54.9 Å². The first kappa shape index (κ1) is 16.9. The number of nitrogens with one attached hydrogen (secondary N) is 1. The summed E-state index contributed by atoms with van der Waals surface area (Å²) in [6.45, 7) is 4.24. The predicted molar refractivity (Wildman–Crippen MR) is 108 cm³/mol. The molecule has 3 atom stereocenters. The Balaban J connectivity index is 1.46. The highest BCUT2D eigenvalue weighted by Crippen LogP contribution is 2.53.